The molecular weight excluding hydrogens is 250 g/mol. The van der Waals surface area contributed by atoms with Crippen molar-refractivity contribution in [1.82, 2.24) is 5.32 Å². The summed E-state index contributed by atoms with van der Waals surface area (Å²) in [5, 5.41) is 11.8. The number of carbonyl (C=O) groups excluding carboxylic acids is 1. The number of rotatable bonds is 7. The molecule has 0 rings (SSSR count). The number of carbonyl (C=O) groups is 1. The van der Waals surface area contributed by atoms with Crippen LogP contribution in [0, 0.1) is 5.92 Å². The third-order valence-corrected chi connectivity index (χ3v) is 2.59. The normalized spacial score (nSPS) is 14.9. The molecule has 0 aliphatic heterocycles. The highest BCUT2D eigenvalue weighted by atomic mass is 79.9. The molecule has 0 spiro atoms. The molecule has 0 bridgehead atoms. The minimum absolute atomic E-state index is 0.206. The van der Waals surface area contributed by atoms with E-state index in [1.165, 1.54) is 7.11 Å². The van der Waals surface area contributed by atoms with Crippen molar-refractivity contribution < 1.29 is 14.6 Å². The second kappa shape index (κ2) is 8.20. The van der Waals surface area contributed by atoms with Gasteiger partial charge >= 0.3 is 5.97 Å². The van der Waals surface area contributed by atoms with Gasteiger partial charge in [0, 0.05) is 13.2 Å². The first-order chi connectivity index (χ1) is 6.61. The molecule has 2 unspecified atom stereocenters. The Morgan fingerprint density at radius 3 is 2.71 bits per heavy atom. The van der Waals surface area contributed by atoms with Crippen LogP contribution in [-0.4, -0.2) is 42.7 Å². The zero-order valence-corrected chi connectivity index (χ0v) is 10.2. The Bertz CT molecular complexity index is 166. The Hall–Kier alpha value is -0.130. The number of ether oxygens (including phenoxy) is 1. The van der Waals surface area contributed by atoms with E-state index in [0.29, 0.717) is 12.5 Å². The number of hydrogen-bond acceptors (Lipinski definition) is 4. The van der Waals surface area contributed by atoms with Crippen molar-refractivity contribution in [3.63, 3.8) is 0 Å². The van der Waals surface area contributed by atoms with Crippen molar-refractivity contribution >= 4 is 21.9 Å². The Morgan fingerprint density at radius 2 is 2.21 bits per heavy atom. The van der Waals surface area contributed by atoms with Crippen LogP contribution < -0.4 is 5.32 Å². The van der Waals surface area contributed by atoms with Gasteiger partial charge in [0.1, 0.15) is 4.83 Å². The van der Waals surface area contributed by atoms with Gasteiger partial charge in [0.05, 0.1) is 7.11 Å². The SMILES string of the molecule is COC(=O)C(Br)CNCC(C)CCO. The molecule has 0 aromatic heterocycles. The van der Waals surface area contributed by atoms with Gasteiger partial charge in [-0.25, -0.2) is 0 Å². The fraction of sp³-hybridized carbons (Fsp3) is 0.889. The van der Waals surface area contributed by atoms with Gasteiger partial charge in [0.15, 0.2) is 0 Å². The van der Waals surface area contributed by atoms with E-state index in [1.807, 2.05) is 6.92 Å². The standard InChI is InChI=1S/C9H18BrNO3/c1-7(3-4-12)5-11-6-8(10)9(13)14-2/h7-8,11-12H,3-6H2,1-2H3. The van der Waals surface area contributed by atoms with Gasteiger partial charge in [0.25, 0.3) is 0 Å². The summed E-state index contributed by atoms with van der Waals surface area (Å²) in [7, 11) is 1.37. The fourth-order valence-corrected chi connectivity index (χ4v) is 1.41. The van der Waals surface area contributed by atoms with Crippen molar-refractivity contribution in [2.24, 2.45) is 5.92 Å². The molecule has 14 heavy (non-hydrogen) atoms. The summed E-state index contributed by atoms with van der Waals surface area (Å²) in [6.07, 6.45) is 0.776. The molecule has 84 valence electrons. The van der Waals surface area contributed by atoms with E-state index in [9.17, 15) is 4.79 Å². The van der Waals surface area contributed by atoms with Gasteiger partial charge < -0.3 is 15.2 Å². The van der Waals surface area contributed by atoms with E-state index in [2.05, 4.69) is 26.0 Å². The number of esters is 1. The molecule has 0 aliphatic carbocycles. The summed E-state index contributed by atoms with van der Waals surface area (Å²) in [5.41, 5.74) is 0. The molecule has 0 radical (unpaired) electrons. The summed E-state index contributed by atoms with van der Waals surface area (Å²) in [4.78, 5) is 10.7. The van der Waals surface area contributed by atoms with Crippen molar-refractivity contribution in [2.45, 2.75) is 18.2 Å². The number of nitrogens with one attached hydrogen (secondary N) is 1. The van der Waals surface area contributed by atoms with E-state index in [4.69, 9.17) is 5.11 Å². The third kappa shape index (κ3) is 6.34. The molecule has 0 saturated heterocycles. The predicted octanol–water partition coefficient (Wildman–Crippen LogP) is 0.531. The van der Waals surface area contributed by atoms with Gasteiger partial charge in [-0.1, -0.05) is 22.9 Å². The van der Waals surface area contributed by atoms with Gasteiger partial charge in [0.2, 0.25) is 0 Å². The summed E-state index contributed by atoms with van der Waals surface area (Å²) < 4.78 is 4.55. The van der Waals surface area contributed by atoms with Crippen LogP contribution in [0.1, 0.15) is 13.3 Å². The highest BCUT2D eigenvalue weighted by molar-refractivity contribution is 9.10. The predicted molar refractivity (Wildman–Crippen MR) is 58.5 cm³/mol. The van der Waals surface area contributed by atoms with Crippen LogP contribution in [0.5, 0.6) is 0 Å². The van der Waals surface area contributed by atoms with Gasteiger partial charge in [-0.2, -0.15) is 0 Å². The quantitative estimate of drug-likeness (QED) is 0.522. The van der Waals surface area contributed by atoms with Gasteiger partial charge in [-0.3, -0.25) is 4.79 Å². The number of methoxy groups -OCH3 is 1. The highest BCUT2D eigenvalue weighted by Gasteiger charge is 2.14. The lowest BCUT2D eigenvalue weighted by molar-refractivity contribution is -0.139. The van der Waals surface area contributed by atoms with E-state index in [-0.39, 0.29) is 17.4 Å². The van der Waals surface area contributed by atoms with Crippen molar-refractivity contribution in [2.75, 3.05) is 26.8 Å². The number of alkyl halides is 1. The van der Waals surface area contributed by atoms with Gasteiger partial charge in [-0.05, 0) is 18.9 Å². The topological polar surface area (TPSA) is 58.6 Å². The summed E-state index contributed by atoms with van der Waals surface area (Å²) in [6.45, 7) is 3.59. The van der Waals surface area contributed by atoms with Crippen molar-refractivity contribution in [3.05, 3.63) is 0 Å². The highest BCUT2D eigenvalue weighted by Crippen LogP contribution is 2.02. The number of aliphatic hydroxyl groups is 1. The Balaban J connectivity index is 3.48. The zero-order valence-electron chi connectivity index (χ0n) is 8.62. The maximum absolute atomic E-state index is 11.0. The first-order valence-corrected chi connectivity index (χ1v) is 5.56. The molecule has 0 amide bonds. The second-order valence-electron chi connectivity index (χ2n) is 3.27. The first-order valence-electron chi connectivity index (χ1n) is 4.65. The molecular formula is C9H18BrNO3. The van der Waals surface area contributed by atoms with Crippen LogP contribution in [0.3, 0.4) is 0 Å². The maximum atomic E-state index is 11.0. The fourth-order valence-electron chi connectivity index (χ4n) is 0.990. The van der Waals surface area contributed by atoms with Crippen molar-refractivity contribution in [3.8, 4) is 0 Å². The number of halogens is 1. The molecule has 0 heterocycles. The molecule has 2 N–H and O–H groups in total. The first kappa shape index (κ1) is 13.9. The number of hydrogen-bond donors (Lipinski definition) is 2. The van der Waals surface area contributed by atoms with E-state index in [1.54, 1.807) is 0 Å². The average Bonchev–Trinajstić information content (AvgIpc) is 2.16. The Morgan fingerprint density at radius 1 is 1.57 bits per heavy atom. The zero-order chi connectivity index (χ0) is 11.0. The summed E-state index contributed by atoms with van der Waals surface area (Å²) in [6, 6.07) is 0. The molecule has 5 heteroatoms. The molecule has 0 aliphatic rings. The summed E-state index contributed by atoms with van der Waals surface area (Å²) >= 11 is 3.21. The molecule has 0 saturated carbocycles. The third-order valence-electron chi connectivity index (χ3n) is 1.90. The van der Waals surface area contributed by atoms with E-state index in [0.717, 1.165) is 13.0 Å². The maximum Gasteiger partial charge on any atom is 0.320 e. The van der Waals surface area contributed by atoms with Crippen LogP contribution >= 0.6 is 15.9 Å². The average molecular weight is 268 g/mol. The molecule has 4 nitrogen and oxygen atoms in total. The lowest BCUT2D eigenvalue weighted by atomic mass is 10.1. The Kier molecular flexibility index (Phi) is 8.12. The van der Waals surface area contributed by atoms with E-state index < -0.39 is 0 Å². The monoisotopic (exact) mass is 267 g/mol. The van der Waals surface area contributed by atoms with Crippen molar-refractivity contribution in [1.29, 1.82) is 0 Å². The minimum atomic E-state index is -0.297. The van der Waals surface area contributed by atoms with Crippen LogP contribution in [0.25, 0.3) is 0 Å². The molecule has 0 fully saturated rings. The van der Waals surface area contributed by atoms with Crippen LogP contribution in [0.2, 0.25) is 0 Å². The summed E-state index contributed by atoms with van der Waals surface area (Å²) in [5.74, 6) is 0.143. The lowest BCUT2D eigenvalue weighted by Crippen LogP contribution is -2.32. The lowest BCUT2D eigenvalue weighted by Gasteiger charge is -2.12. The van der Waals surface area contributed by atoms with Crippen LogP contribution in [0.15, 0.2) is 0 Å². The minimum Gasteiger partial charge on any atom is -0.468 e. The molecule has 0 aromatic rings. The van der Waals surface area contributed by atoms with Crippen LogP contribution in [0.4, 0.5) is 0 Å². The van der Waals surface area contributed by atoms with Crippen LogP contribution in [-0.2, 0) is 9.53 Å². The van der Waals surface area contributed by atoms with Gasteiger partial charge in [-0.15, -0.1) is 0 Å². The second-order valence-corrected chi connectivity index (χ2v) is 4.37. The van der Waals surface area contributed by atoms with E-state index >= 15 is 0 Å². The number of aliphatic hydroxyl groups excluding tert-OH is 1. The molecule has 2 atom stereocenters. The molecule has 0 aromatic carbocycles. The smallest absolute Gasteiger partial charge is 0.320 e. The largest absolute Gasteiger partial charge is 0.468 e. The Labute approximate surface area is 93.1 Å².